The molecule has 14 heavy (non-hydrogen) atoms. The van der Waals surface area contributed by atoms with Crippen molar-refractivity contribution in [2.75, 3.05) is 0 Å². The number of rotatable bonds is 1. The van der Waals surface area contributed by atoms with Crippen LogP contribution in [0.3, 0.4) is 0 Å². The van der Waals surface area contributed by atoms with Gasteiger partial charge in [-0.3, -0.25) is 0 Å². The Labute approximate surface area is 89.3 Å². The molecule has 0 fully saturated rings. The molecule has 66 valence electrons. The summed E-state index contributed by atoms with van der Waals surface area (Å²) in [4.78, 5) is 2.44. The first-order valence-corrected chi connectivity index (χ1v) is 5.52. The second-order valence-electron chi connectivity index (χ2n) is 2.59. The molecule has 4 heteroatoms. The number of hydrogen-bond donors (Lipinski definition) is 0. The van der Waals surface area contributed by atoms with Crippen LogP contribution in [0.2, 0.25) is 0 Å². The normalized spacial score (nSPS) is 9.29. The highest BCUT2D eigenvalue weighted by Crippen LogP contribution is 2.30. The van der Waals surface area contributed by atoms with Gasteiger partial charge in [0.1, 0.15) is 21.9 Å². The van der Waals surface area contributed by atoms with Gasteiger partial charge in [-0.05, 0) is 18.2 Å². The maximum absolute atomic E-state index is 8.66. The molecule has 0 aliphatic heterocycles. The van der Waals surface area contributed by atoms with Gasteiger partial charge < -0.3 is 0 Å². The molecule has 0 unspecified atom stereocenters. The lowest BCUT2D eigenvalue weighted by Gasteiger charge is -1.86. The first-order chi connectivity index (χ1) is 6.83. The molecule has 0 radical (unpaired) electrons. The molecular formula is C10H4N2S2. The van der Waals surface area contributed by atoms with Crippen LogP contribution in [0, 0.1) is 22.7 Å². The van der Waals surface area contributed by atoms with Gasteiger partial charge in [-0.25, -0.2) is 0 Å². The molecule has 0 aromatic carbocycles. The van der Waals surface area contributed by atoms with E-state index in [0.717, 1.165) is 10.4 Å². The van der Waals surface area contributed by atoms with E-state index in [1.807, 2.05) is 17.5 Å². The van der Waals surface area contributed by atoms with Crippen molar-refractivity contribution in [2.45, 2.75) is 0 Å². The maximum atomic E-state index is 8.66. The molecule has 0 aliphatic rings. The standard InChI is InChI=1S/C10H4N2S2/c11-4-8-1-2-10(14-8)7-3-9(5-12)13-6-7/h1-3,6H. The van der Waals surface area contributed by atoms with Gasteiger partial charge in [0.25, 0.3) is 0 Å². The highest BCUT2D eigenvalue weighted by Gasteiger charge is 2.04. The molecule has 0 aliphatic carbocycles. The zero-order valence-corrected chi connectivity index (χ0v) is 8.65. The number of nitriles is 2. The molecule has 2 nitrogen and oxygen atoms in total. The van der Waals surface area contributed by atoms with Gasteiger partial charge in [0.2, 0.25) is 0 Å². The number of hydrogen-bond acceptors (Lipinski definition) is 4. The fourth-order valence-corrected chi connectivity index (χ4v) is 2.64. The Morgan fingerprint density at radius 2 is 1.86 bits per heavy atom. The minimum Gasteiger partial charge on any atom is -0.192 e. The Balaban J connectivity index is 2.41. The van der Waals surface area contributed by atoms with E-state index in [1.165, 1.54) is 22.7 Å². The monoisotopic (exact) mass is 216 g/mol. The van der Waals surface area contributed by atoms with Crippen LogP contribution < -0.4 is 0 Å². The van der Waals surface area contributed by atoms with Gasteiger partial charge in [-0.2, -0.15) is 10.5 Å². The van der Waals surface area contributed by atoms with Crippen LogP contribution in [0.25, 0.3) is 10.4 Å². The SMILES string of the molecule is N#Cc1cc(-c2ccc(C#N)s2)cs1. The third-order valence-electron chi connectivity index (χ3n) is 1.71. The van der Waals surface area contributed by atoms with Gasteiger partial charge in [0.15, 0.2) is 0 Å². The molecule has 0 bridgehead atoms. The molecular weight excluding hydrogens is 212 g/mol. The van der Waals surface area contributed by atoms with E-state index in [4.69, 9.17) is 10.5 Å². The molecule has 2 heterocycles. The number of thiophene rings is 2. The summed E-state index contributed by atoms with van der Waals surface area (Å²) in [6.07, 6.45) is 0. The first kappa shape index (κ1) is 8.96. The van der Waals surface area contributed by atoms with Crippen LogP contribution in [-0.2, 0) is 0 Å². The van der Waals surface area contributed by atoms with E-state index >= 15 is 0 Å². The van der Waals surface area contributed by atoms with E-state index in [2.05, 4.69) is 12.1 Å². The summed E-state index contributed by atoms with van der Waals surface area (Å²) < 4.78 is 0. The average Bonchev–Trinajstić information content (AvgIpc) is 2.86. The molecule has 0 saturated heterocycles. The van der Waals surface area contributed by atoms with Gasteiger partial charge >= 0.3 is 0 Å². The second-order valence-corrected chi connectivity index (χ2v) is 4.58. The minimum absolute atomic E-state index is 0.699. The molecule has 0 amide bonds. The van der Waals surface area contributed by atoms with E-state index in [0.29, 0.717) is 9.75 Å². The highest BCUT2D eigenvalue weighted by molar-refractivity contribution is 7.16. The lowest BCUT2D eigenvalue weighted by atomic mass is 10.2. The van der Waals surface area contributed by atoms with E-state index in [-0.39, 0.29) is 0 Å². The van der Waals surface area contributed by atoms with Crippen molar-refractivity contribution in [1.29, 1.82) is 10.5 Å². The van der Waals surface area contributed by atoms with Crippen molar-refractivity contribution in [3.63, 3.8) is 0 Å². The summed E-state index contributed by atoms with van der Waals surface area (Å²) in [5.74, 6) is 0. The van der Waals surface area contributed by atoms with Crippen LogP contribution >= 0.6 is 22.7 Å². The zero-order valence-electron chi connectivity index (χ0n) is 7.02. The Morgan fingerprint density at radius 3 is 2.43 bits per heavy atom. The van der Waals surface area contributed by atoms with Crippen LogP contribution in [0.1, 0.15) is 9.75 Å². The molecule has 2 rings (SSSR count). The molecule has 2 aromatic heterocycles. The third kappa shape index (κ3) is 1.54. The maximum Gasteiger partial charge on any atom is 0.110 e. The van der Waals surface area contributed by atoms with Crippen LogP contribution in [0.4, 0.5) is 0 Å². The Morgan fingerprint density at radius 1 is 1.07 bits per heavy atom. The summed E-state index contributed by atoms with van der Waals surface area (Å²) in [7, 11) is 0. The Hall–Kier alpha value is -1.62. The van der Waals surface area contributed by atoms with Crippen molar-refractivity contribution in [1.82, 2.24) is 0 Å². The first-order valence-electron chi connectivity index (χ1n) is 3.82. The molecule has 0 spiro atoms. The van der Waals surface area contributed by atoms with Crippen LogP contribution in [0.15, 0.2) is 23.6 Å². The van der Waals surface area contributed by atoms with E-state index in [9.17, 15) is 0 Å². The average molecular weight is 216 g/mol. The summed E-state index contributed by atoms with van der Waals surface area (Å²) >= 11 is 2.87. The fraction of sp³-hybridized carbons (Fsp3) is 0. The highest BCUT2D eigenvalue weighted by atomic mass is 32.1. The van der Waals surface area contributed by atoms with Gasteiger partial charge in [0, 0.05) is 15.8 Å². The topological polar surface area (TPSA) is 47.6 Å². The minimum atomic E-state index is 0.699. The largest absolute Gasteiger partial charge is 0.192 e. The molecule has 0 N–H and O–H groups in total. The molecule has 0 atom stereocenters. The lowest BCUT2D eigenvalue weighted by Crippen LogP contribution is -1.62. The third-order valence-corrected chi connectivity index (χ3v) is 3.58. The zero-order chi connectivity index (χ0) is 9.97. The Bertz CT molecular complexity index is 487. The van der Waals surface area contributed by atoms with Crippen molar-refractivity contribution < 1.29 is 0 Å². The Kier molecular flexibility index (Phi) is 2.32. The predicted molar refractivity (Wildman–Crippen MR) is 57.1 cm³/mol. The molecule has 2 aromatic rings. The van der Waals surface area contributed by atoms with Crippen LogP contribution in [-0.4, -0.2) is 0 Å². The van der Waals surface area contributed by atoms with Crippen molar-refractivity contribution >= 4 is 22.7 Å². The van der Waals surface area contributed by atoms with Crippen molar-refractivity contribution in [2.24, 2.45) is 0 Å². The van der Waals surface area contributed by atoms with Gasteiger partial charge in [0.05, 0.1) is 0 Å². The van der Waals surface area contributed by atoms with Crippen molar-refractivity contribution in [3.05, 3.63) is 33.3 Å². The predicted octanol–water partition coefficient (Wildman–Crippen LogP) is 3.22. The molecule has 0 saturated carbocycles. The fourth-order valence-electron chi connectivity index (χ4n) is 1.08. The van der Waals surface area contributed by atoms with Gasteiger partial charge in [-0.15, -0.1) is 22.7 Å². The summed E-state index contributed by atoms with van der Waals surface area (Å²) in [6.45, 7) is 0. The van der Waals surface area contributed by atoms with Gasteiger partial charge in [-0.1, -0.05) is 0 Å². The quantitative estimate of drug-likeness (QED) is 0.734. The number of nitrogens with zero attached hydrogens (tertiary/aromatic N) is 2. The second kappa shape index (κ2) is 3.63. The summed E-state index contributed by atoms with van der Waals surface area (Å²) in [6, 6.07) is 9.74. The van der Waals surface area contributed by atoms with E-state index < -0.39 is 0 Å². The van der Waals surface area contributed by atoms with Crippen molar-refractivity contribution in [3.8, 4) is 22.6 Å². The summed E-state index contributed by atoms with van der Waals surface area (Å²) in [5.41, 5.74) is 1.03. The summed E-state index contributed by atoms with van der Waals surface area (Å²) in [5, 5.41) is 19.3. The lowest BCUT2D eigenvalue weighted by molar-refractivity contribution is 1.52. The smallest absolute Gasteiger partial charge is 0.110 e. The van der Waals surface area contributed by atoms with E-state index in [1.54, 1.807) is 6.07 Å². The van der Waals surface area contributed by atoms with Crippen LogP contribution in [0.5, 0.6) is 0 Å².